The van der Waals surface area contributed by atoms with E-state index in [1.54, 1.807) is 0 Å². The zero-order valence-corrected chi connectivity index (χ0v) is 19.3. The largest absolute Gasteiger partial charge is 0.457 e. The Morgan fingerprint density at radius 3 is 1.76 bits per heavy atom. The van der Waals surface area contributed by atoms with Crippen molar-refractivity contribution in [2.75, 3.05) is 0 Å². The van der Waals surface area contributed by atoms with Crippen molar-refractivity contribution in [3.05, 3.63) is 142 Å². The second kappa shape index (κ2) is 6.94. The summed E-state index contributed by atoms with van der Waals surface area (Å²) in [6.45, 7) is 0. The van der Waals surface area contributed by atoms with Gasteiger partial charge in [-0.25, -0.2) is 0 Å². The summed E-state index contributed by atoms with van der Waals surface area (Å²) < 4.78 is 7.51. The normalized spacial score (nSPS) is 14.1. The Morgan fingerprint density at radius 2 is 1.06 bits per heavy atom. The second-order valence-electron chi connectivity index (χ2n) is 8.66. The highest BCUT2D eigenvalue weighted by atomic mass is 79.9. The van der Waals surface area contributed by atoms with E-state index in [1.807, 2.05) is 0 Å². The van der Waals surface area contributed by atoms with E-state index in [2.05, 4.69) is 131 Å². The van der Waals surface area contributed by atoms with Crippen molar-refractivity contribution in [3.63, 3.8) is 0 Å². The Hall–Kier alpha value is -3.62. The molecule has 7 rings (SSSR count). The van der Waals surface area contributed by atoms with Crippen LogP contribution in [0, 0.1) is 0 Å². The molecule has 2 heteroatoms. The molecule has 33 heavy (non-hydrogen) atoms. The zero-order chi connectivity index (χ0) is 22.0. The highest BCUT2D eigenvalue weighted by molar-refractivity contribution is 9.10. The maximum atomic E-state index is 6.43. The van der Waals surface area contributed by atoms with E-state index in [9.17, 15) is 0 Å². The van der Waals surface area contributed by atoms with Crippen molar-refractivity contribution in [1.82, 2.24) is 0 Å². The van der Waals surface area contributed by atoms with Crippen LogP contribution in [0.1, 0.15) is 22.3 Å². The molecule has 0 saturated carbocycles. The maximum Gasteiger partial charge on any atom is 0.132 e. The van der Waals surface area contributed by atoms with Crippen LogP contribution in [0.15, 0.2) is 120 Å². The fourth-order valence-corrected chi connectivity index (χ4v) is 6.04. The maximum absolute atomic E-state index is 6.43. The highest BCUT2D eigenvalue weighted by Gasteiger charge is 2.51. The van der Waals surface area contributed by atoms with E-state index in [0.29, 0.717) is 0 Å². The van der Waals surface area contributed by atoms with Crippen molar-refractivity contribution in [2.45, 2.75) is 5.41 Å². The lowest BCUT2D eigenvalue weighted by molar-refractivity contribution is 0.436. The van der Waals surface area contributed by atoms with Gasteiger partial charge in [0.2, 0.25) is 0 Å². The summed E-state index contributed by atoms with van der Waals surface area (Å²) in [5.74, 6) is 1.83. The van der Waals surface area contributed by atoms with Gasteiger partial charge in [-0.1, -0.05) is 101 Å². The van der Waals surface area contributed by atoms with E-state index in [1.165, 1.54) is 44.5 Å². The summed E-state index contributed by atoms with van der Waals surface area (Å²) in [7, 11) is 0. The SMILES string of the molecule is Brc1ccc2c(c1)C1(c3ccccc3Oc3ccccc31)c1cc(-c3ccccc3)ccc1-2. The molecule has 0 N–H and O–H groups in total. The minimum absolute atomic E-state index is 0.440. The third kappa shape index (κ3) is 2.53. The molecule has 0 saturated heterocycles. The summed E-state index contributed by atoms with van der Waals surface area (Å²) in [6, 6.07) is 41.2. The van der Waals surface area contributed by atoms with Gasteiger partial charge in [-0.2, -0.15) is 0 Å². The quantitative estimate of drug-likeness (QED) is 0.225. The number of hydrogen-bond acceptors (Lipinski definition) is 1. The summed E-state index contributed by atoms with van der Waals surface area (Å²) in [4.78, 5) is 0. The van der Waals surface area contributed by atoms with Crippen molar-refractivity contribution >= 4 is 15.9 Å². The minimum atomic E-state index is -0.440. The number of hydrogen-bond donors (Lipinski definition) is 0. The average molecular weight is 487 g/mol. The van der Waals surface area contributed by atoms with Gasteiger partial charge < -0.3 is 4.74 Å². The summed E-state index contributed by atoms with van der Waals surface area (Å²) in [5.41, 5.74) is 9.54. The molecular formula is C31H19BrO. The second-order valence-corrected chi connectivity index (χ2v) is 9.58. The first kappa shape index (κ1) is 18.9. The van der Waals surface area contributed by atoms with Gasteiger partial charge in [-0.05, 0) is 63.7 Å². The van der Waals surface area contributed by atoms with Crippen LogP contribution in [0.2, 0.25) is 0 Å². The summed E-state index contributed by atoms with van der Waals surface area (Å²) >= 11 is 3.76. The van der Waals surface area contributed by atoms with E-state index < -0.39 is 5.41 Å². The Kier molecular flexibility index (Phi) is 3.97. The molecule has 5 aromatic rings. The van der Waals surface area contributed by atoms with Crippen LogP contribution in [0.3, 0.4) is 0 Å². The van der Waals surface area contributed by atoms with Gasteiger partial charge in [-0.15, -0.1) is 0 Å². The molecule has 1 aliphatic heterocycles. The lowest BCUT2D eigenvalue weighted by atomic mass is 9.66. The highest BCUT2D eigenvalue weighted by Crippen LogP contribution is 2.62. The molecule has 156 valence electrons. The van der Waals surface area contributed by atoms with Crippen LogP contribution < -0.4 is 4.74 Å². The van der Waals surface area contributed by atoms with Crippen LogP contribution in [-0.2, 0) is 5.41 Å². The first-order chi connectivity index (χ1) is 16.3. The summed E-state index contributed by atoms with van der Waals surface area (Å²) in [5, 5.41) is 0. The molecule has 0 aromatic heterocycles. The zero-order valence-electron chi connectivity index (χ0n) is 17.8. The van der Waals surface area contributed by atoms with E-state index in [4.69, 9.17) is 4.74 Å². The molecule has 0 bridgehead atoms. The third-order valence-electron chi connectivity index (χ3n) is 7.01. The fourth-order valence-electron chi connectivity index (χ4n) is 5.68. The molecule has 1 heterocycles. The van der Waals surface area contributed by atoms with E-state index in [-0.39, 0.29) is 0 Å². The fraction of sp³-hybridized carbons (Fsp3) is 0.0323. The molecule has 5 aromatic carbocycles. The molecule has 1 spiro atoms. The molecule has 0 unspecified atom stereocenters. The predicted octanol–water partition coefficient (Wildman–Crippen LogP) is 8.58. The van der Waals surface area contributed by atoms with Crippen molar-refractivity contribution < 1.29 is 4.74 Å². The average Bonchev–Trinajstić information content (AvgIpc) is 3.14. The minimum Gasteiger partial charge on any atom is -0.457 e. The van der Waals surface area contributed by atoms with Gasteiger partial charge in [0.25, 0.3) is 0 Å². The number of ether oxygens (including phenoxy) is 1. The van der Waals surface area contributed by atoms with Crippen molar-refractivity contribution in [3.8, 4) is 33.8 Å². The first-order valence-electron chi connectivity index (χ1n) is 11.1. The number of benzene rings is 5. The molecule has 2 aliphatic rings. The first-order valence-corrected chi connectivity index (χ1v) is 11.9. The summed E-state index contributed by atoms with van der Waals surface area (Å²) in [6.07, 6.45) is 0. The Morgan fingerprint density at radius 1 is 0.485 bits per heavy atom. The number of rotatable bonds is 1. The smallest absolute Gasteiger partial charge is 0.132 e. The lowest BCUT2D eigenvalue weighted by Gasteiger charge is -2.39. The lowest BCUT2D eigenvalue weighted by Crippen LogP contribution is -2.32. The molecule has 0 atom stereocenters. The Labute approximate surface area is 201 Å². The Bertz CT molecular complexity index is 1510. The van der Waals surface area contributed by atoms with Crippen LogP contribution >= 0.6 is 15.9 Å². The van der Waals surface area contributed by atoms with Gasteiger partial charge in [-0.3, -0.25) is 0 Å². The van der Waals surface area contributed by atoms with Crippen LogP contribution in [-0.4, -0.2) is 0 Å². The van der Waals surface area contributed by atoms with Gasteiger partial charge in [0.15, 0.2) is 0 Å². The van der Waals surface area contributed by atoms with Gasteiger partial charge in [0.1, 0.15) is 11.5 Å². The van der Waals surface area contributed by atoms with Crippen LogP contribution in [0.25, 0.3) is 22.3 Å². The van der Waals surface area contributed by atoms with Crippen molar-refractivity contribution in [1.29, 1.82) is 0 Å². The monoisotopic (exact) mass is 486 g/mol. The predicted molar refractivity (Wildman–Crippen MR) is 137 cm³/mol. The van der Waals surface area contributed by atoms with Crippen LogP contribution in [0.5, 0.6) is 11.5 Å². The number of para-hydroxylation sites is 2. The standard InChI is InChI=1S/C31H19BrO/c32-22-15-17-24-23-16-14-21(20-8-2-1-3-9-20)18-27(23)31(28(24)19-22)25-10-4-6-12-29(25)33-30-13-7-5-11-26(30)31/h1-19H. The Balaban J connectivity index is 1.65. The number of fused-ring (bicyclic) bond motifs is 9. The molecule has 1 nitrogen and oxygen atoms in total. The molecule has 0 amide bonds. The number of halogens is 1. The van der Waals surface area contributed by atoms with Gasteiger partial charge in [0.05, 0.1) is 5.41 Å². The van der Waals surface area contributed by atoms with Gasteiger partial charge >= 0.3 is 0 Å². The topological polar surface area (TPSA) is 9.23 Å². The molecule has 0 radical (unpaired) electrons. The molecule has 0 fully saturated rings. The molecule has 1 aliphatic carbocycles. The third-order valence-corrected chi connectivity index (χ3v) is 7.50. The van der Waals surface area contributed by atoms with Crippen molar-refractivity contribution in [2.24, 2.45) is 0 Å². The van der Waals surface area contributed by atoms with E-state index in [0.717, 1.165) is 16.0 Å². The van der Waals surface area contributed by atoms with E-state index >= 15 is 0 Å². The van der Waals surface area contributed by atoms with Crippen LogP contribution in [0.4, 0.5) is 0 Å². The van der Waals surface area contributed by atoms with Gasteiger partial charge in [0, 0.05) is 15.6 Å². The molecular weight excluding hydrogens is 468 g/mol.